The summed E-state index contributed by atoms with van der Waals surface area (Å²) in [4.78, 5) is 24.2. The van der Waals surface area contributed by atoms with Gasteiger partial charge in [-0.15, -0.1) is 0 Å². The van der Waals surface area contributed by atoms with Crippen molar-refractivity contribution in [1.82, 2.24) is 9.55 Å². The molecule has 5 nitrogen and oxygen atoms in total. The van der Waals surface area contributed by atoms with Gasteiger partial charge in [0.05, 0.1) is 0 Å². The molecule has 0 atom stereocenters. The quantitative estimate of drug-likeness (QED) is 0.615. The van der Waals surface area contributed by atoms with E-state index in [2.05, 4.69) is 24.6 Å². The topological polar surface area (TPSA) is 64.1 Å². The Balaban J connectivity index is 2.44. The summed E-state index contributed by atoms with van der Waals surface area (Å²) in [5.74, 6) is 0. The molecule has 0 unspecified atom stereocenters. The van der Waals surface area contributed by atoms with E-state index in [-0.39, 0.29) is 12.3 Å². The van der Waals surface area contributed by atoms with Gasteiger partial charge in [0, 0.05) is 26.9 Å². The molecule has 0 amide bonds. The summed E-state index contributed by atoms with van der Waals surface area (Å²) in [6.07, 6.45) is 1.44. The molecule has 0 bridgehead atoms. The highest BCUT2D eigenvalue weighted by Gasteiger charge is 2.11. The van der Waals surface area contributed by atoms with E-state index in [0.29, 0.717) is 6.61 Å². The molecule has 1 rings (SSSR count). The van der Waals surface area contributed by atoms with Crippen LogP contribution in [0.4, 0.5) is 0 Å². The minimum absolute atomic E-state index is 0.195. The van der Waals surface area contributed by atoms with E-state index >= 15 is 0 Å². The van der Waals surface area contributed by atoms with Crippen molar-refractivity contribution < 1.29 is 4.74 Å². The maximum atomic E-state index is 11.3. The molecular formula is C10H18N2O3Si. The third kappa shape index (κ3) is 4.58. The van der Waals surface area contributed by atoms with Gasteiger partial charge in [0.1, 0.15) is 6.73 Å². The summed E-state index contributed by atoms with van der Waals surface area (Å²) in [6, 6.07) is 2.37. The van der Waals surface area contributed by atoms with Crippen molar-refractivity contribution >= 4 is 8.07 Å². The standard InChI is InChI=1S/C10H18N2O3Si/c1-16(2,3)7-6-15-8-12-5-4-9(13)11-10(12)14/h4-5H,6-8H2,1-3H3,(H,11,13,14). The molecule has 0 fully saturated rings. The first kappa shape index (κ1) is 12.9. The maximum absolute atomic E-state index is 11.3. The van der Waals surface area contributed by atoms with Crippen LogP contribution >= 0.6 is 0 Å². The number of nitrogens with one attached hydrogen (secondary N) is 1. The second kappa shape index (κ2) is 5.27. The second-order valence-corrected chi connectivity index (χ2v) is 10.5. The van der Waals surface area contributed by atoms with E-state index < -0.39 is 13.8 Å². The molecule has 1 N–H and O–H groups in total. The Labute approximate surface area is 95.1 Å². The molecule has 0 aliphatic rings. The van der Waals surface area contributed by atoms with Gasteiger partial charge in [0.15, 0.2) is 0 Å². The highest BCUT2D eigenvalue weighted by molar-refractivity contribution is 6.76. The lowest BCUT2D eigenvalue weighted by molar-refractivity contribution is 0.0837. The Morgan fingerprint density at radius 3 is 2.62 bits per heavy atom. The first-order valence-electron chi connectivity index (χ1n) is 5.26. The van der Waals surface area contributed by atoms with Crippen LogP contribution in [0.5, 0.6) is 0 Å². The van der Waals surface area contributed by atoms with Gasteiger partial charge in [-0.1, -0.05) is 19.6 Å². The number of nitrogens with zero attached hydrogens (tertiary/aromatic N) is 1. The monoisotopic (exact) mass is 242 g/mol. The van der Waals surface area contributed by atoms with E-state index in [1.165, 1.54) is 16.8 Å². The van der Waals surface area contributed by atoms with Crippen LogP contribution < -0.4 is 11.2 Å². The summed E-state index contributed by atoms with van der Waals surface area (Å²) in [7, 11) is -1.09. The lowest BCUT2D eigenvalue weighted by Gasteiger charge is -2.15. The number of ether oxygens (including phenoxy) is 1. The lowest BCUT2D eigenvalue weighted by atomic mass is 10.6. The number of hydrogen-bond donors (Lipinski definition) is 1. The van der Waals surface area contributed by atoms with Crippen molar-refractivity contribution in [2.75, 3.05) is 6.61 Å². The van der Waals surface area contributed by atoms with Gasteiger partial charge in [0.2, 0.25) is 0 Å². The van der Waals surface area contributed by atoms with Crippen LogP contribution in [0, 0.1) is 0 Å². The van der Waals surface area contributed by atoms with Crippen LogP contribution in [0.15, 0.2) is 21.9 Å². The average molecular weight is 242 g/mol. The first-order valence-corrected chi connectivity index (χ1v) is 8.97. The summed E-state index contributed by atoms with van der Waals surface area (Å²) < 4.78 is 6.73. The summed E-state index contributed by atoms with van der Waals surface area (Å²) >= 11 is 0. The minimum atomic E-state index is -1.09. The summed E-state index contributed by atoms with van der Waals surface area (Å²) in [5.41, 5.74) is -0.816. The molecule has 1 aromatic heterocycles. The SMILES string of the molecule is C[Si](C)(C)CCOCn1ccc(=O)[nH]c1=O. The number of hydrogen-bond acceptors (Lipinski definition) is 3. The van der Waals surface area contributed by atoms with Crippen molar-refractivity contribution in [1.29, 1.82) is 0 Å². The maximum Gasteiger partial charge on any atom is 0.330 e. The Hall–Kier alpha value is -1.14. The smallest absolute Gasteiger partial charge is 0.330 e. The zero-order valence-corrected chi connectivity index (χ0v) is 10.9. The number of aromatic amines is 1. The molecule has 6 heteroatoms. The Morgan fingerprint density at radius 1 is 1.38 bits per heavy atom. The molecule has 90 valence electrons. The molecule has 0 spiro atoms. The van der Waals surface area contributed by atoms with Gasteiger partial charge in [-0.3, -0.25) is 14.3 Å². The van der Waals surface area contributed by atoms with Gasteiger partial charge in [-0.2, -0.15) is 0 Å². The fourth-order valence-corrected chi connectivity index (χ4v) is 1.84. The molecule has 0 radical (unpaired) electrons. The van der Waals surface area contributed by atoms with Crippen LogP contribution in [-0.2, 0) is 11.5 Å². The predicted molar refractivity (Wildman–Crippen MR) is 65.4 cm³/mol. The van der Waals surface area contributed by atoms with Crippen molar-refractivity contribution in [3.8, 4) is 0 Å². The normalized spacial score (nSPS) is 11.7. The third-order valence-electron chi connectivity index (χ3n) is 2.12. The van der Waals surface area contributed by atoms with Crippen molar-refractivity contribution in [3.63, 3.8) is 0 Å². The summed E-state index contributed by atoms with van der Waals surface area (Å²) in [6.45, 7) is 7.65. The van der Waals surface area contributed by atoms with Crippen LogP contribution in [0.25, 0.3) is 0 Å². The number of H-pyrrole nitrogens is 1. The highest BCUT2D eigenvalue weighted by atomic mass is 28.3. The van der Waals surface area contributed by atoms with Gasteiger partial charge >= 0.3 is 5.69 Å². The molecule has 1 heterocycles. The molecule has 0 aliphatic carbocycles. The largest absolute Gasteiger partial charge is 0.361 e. The molecule has 0 aliphatic heterocycles. The number of aromatic nitrogens is 2. The molecule has 16 heavy (non-hydrogen) atoms. The van der Waals surface area contributed by atoms with Crippen LogP contribution in [0.2, 0.25) is 25.7 Å². The van der Waals surface area contributed by atoms with Gasteiger partial charge in [-0.05, 0) is 6.04 Å². The average Bonchev–Trinajstić information content (AvgIpc) is 2.13. The van der Waals surface area contributed by atoms with Crippen molar-refractivity contribution in [3.05, 3.63) is 33.1 Å². The van der Waals surface area contributed by atoms with Crippen molar-refractivity contribution in [2.45, 2.75) is 32.4 Å². The van der Waals surface area contributed by atoms with E-state index in [1.807, 2.05) is 0 Å². The van der Waals surface area contributed by atoms with E-state index in [4.69, 9.17) is 4.74 Å². The zero-order valence-electron chi connectivity index (χ0n) is 9.95. The lowest BCUT2D eigenvalue weighted by Crippen LogP contribution is -2.30. The van der Waals surface area contributed by atoms with Crippen molar-refractivity contribution in [2.24, 2.45) is 0 Å². The molecule has 0 saturated heterocycles. The zero-order chi connectivity index (χ0) is 12.2. The second-order valence-electron chi connectivity index (χ2n) is 4.93. The first-order chi connectivity index (χ1) is 7.38. The van der Waals surface area contributed by atoms with Gasteiger partial charge in [-0.25, -0.2) is 4.79 Å². The number of rotatable bonds is 5. The van der Waals surface area contributed by atoms with Gasteiger partial charge < -0.3 is 4.74 Å². The Morgan fingerprint density at radius 2 is 2.06 bits per heavy atom. The van der Waals surface area contributed by atoms with Crippen LogP contribution in [0.1, 0.15) is 0 Å². The molecule has 0 saturated carbocycles. The fourth-order valence-electron chi connectivity index (χ4n) is 1.09. The highest BCUT2D eigenvalue weighted by Crippen LogP contribution is 2.07. The van der Waals surface area contributed by atoms with Crippen LogP contribution in [-0.4, -0.2) is 24.2 Å². The molecule has 1 aromatic rings. The van der Waals surface area contributed by atoms with E-state index in [9.17, 15) is 9.59 Å². The Kier molecular flexibility index (Phi) is 4.25. The Bertz CT molecular complexity index is 444. The molecule has 0 aromatic carbocycles. The molecular weight excluding hydrogens is 224 g/mol. The van der Waals surface area contributed by atoms with E-state index in [1.54, 1.807) is 0 Å². The van der Waals surface area contributed by atoms with Gasteiger partial charge in [0.25, 0.3) is 5.56 Å². The predicted octanol–water partition coefficient (Wildman–Crippen LogP) is 0.849. The summed E-state index contributed by atoms with van der Waals surface area (Å²) in [5, 5.41) is 0. The van der Waals surface area contributed by atoms with Crippen LogP contribution in [0.3, 0.4) is 0 Å². The fraction of sp³-hybridized carbons (Fsp3) is 0.600. The minimum Gasteiger partial charge on any atom is -0.361 e. The van der Waals surface area contributed by atoms with E-state index in [0.717, 1.165) is 6.04 Å². The third-order valence-corrected chi connectivity index (χ3v) is 3.83.